The van der Waals surface area contributed by atoms with Crippen LogP contribution in [-0.2, 0) is 19.1 Å². The molecule has 1 fully saturated rings. The van der Waals surface area contributed by atoms with Gasteiger partial charge < -0.3 is 20.3 Å². The van der Waals surface area contributed by atoms with Gasteiger partial charge in [-0.2, -0.15) is 0 Å². The van der Waals surface area contributed by atoms with Crippen molar-refractivity contribution in [2.24, 2.45) is 10.9 Å². The Morgan fingerprint density at radius 2 is 1.82 bits per heavy atom. The number of amides is 4. The van der Waals surface area contributed by atoms with E-state index in [1.165, 1.54) is 12.0 Å². The normalized spacial score (nSPS) is 18.2. The van der Waals surface area contributed by atoms with Crippen LogP contribution in [0.3, 0.4) is 0 Å². The highest BCUT2D eigenvalue weighted by atomic mass is 16.5. The Hall–Kier alpha value is -3.43. The van der Waals surface area contributed by atoms with Crippen LogP contribution >= 0.6 is 0 Å². The molecule has 10 heteroatoms. The third-order valence-electron chi connectivity index (χ3n) is 4.87. The molecule has 180 valence electrons. The molecule has 1 aromatic carbocycles. The molecule has 3 N–H and O–H groups in total. The average Bonchev–Trinajstić information content (AvgIpc) is 3.04. The number of aliphatic imine (C=N–C) groups is 1. The number of carbonyl (C=O) groups is 4. The van der Waals surface area contributed by atoms with Crippen molar-refractivity contribution >= 4 is 29.7 Å². The summed E-state index contributed by atoms with van der Waals surface area (Å²) in [4.78, 5) is 55.3. The zero-order valence-corrected chi connectivity index (χ0v) is 20.0. The lowest BCUT2D eigenvalue weighted by molar-refractivity contribution is -0.138. The molecule has 0 saturated carbocycles. The number of rotatable bonds is 8. The Morgan fingerprint density at radius 1 is 1.18 bits per heavy atom. The van der Waals surface area contributed by atoms with Crippen molar-refractivity contribution in [2.45, 2.75) is 52.2 Å². The number of nitrogens with zero attached hydrogens (tertiary/aromatic N) is 2. The fraction of sp³-hybridized carbons (Fsp3) is 0.522. The zero-order valence-electron chi connectivity index (χ0n) is 20.0. The molecule has 2 unspecified atom stereocenters. The Morgan fingerprint density at radius 3 is 2.36 bits per heavy atom. The number of ether oxygens (including phenoxy) is 1. The third kappa shape index (κ3) is 7.30. The third-order valence-corrected chi connectivity index (χ3v) is 4.87. The highest BCUT2D eigenvalue weighted by Crippen LogP contribution is 2.26. The molecule has 1 aliphatic rings. The molecule has 10 nitrogen and oxygen atoms in total. The van der Waals surface area contributed by atoms with E-state index in [2.05, 4.69) is 25.7 Å². The number of carbonyl (C=O) groups excluding carboxylic acids is 4. The van der Waals surface area contributed by atoms with Crippen molar-refractivity contribution in [3.8, 4) is 0 Å². The van der Waals surface area contributed by atoms with Crippen LogP contribution in [0.4, 0.5) is 4.79 Å². The molecule has 1 aromatic rings. The molecule has 1 aliphatic heterocycles. The van der Waals surface area contributed by atoms with Crippen molar-refractivity contribution in [1.82, 2.24) is 20.9 Å². The van der Waals surface area contributed by atoms with Gasteiger partial charge >= 0.3 is 12.0 Å². The molecule has 0 spiro atoms. The number of hydrogen-bond acceptors (Lipinski definition) is 6. The Bertz CT molecular complexity index is 908. The fourth-order valence-corrected chi connectivity index (χ4v) is 3.35. The summed E-state index contributed by atoms with van der Waals surface area (Å²) >= 11 is 0. The summed E-state index contributed by atoms with van der Waals surface area (Å²) in [5.74, 6) is -1.25. The minimum Gasteiger partial charge on any atom is -0.468 e. The van der Waals surface area contributed by atoms with Crippen LogP contribution in [0.25, 0.3) is 0 Å². The van der Waals surface area contributed by atoms with E-state index in [0.29, 0.717) is 0 Å². The lowest BCUT2D eigenvalue weighted by atomic mass is 10.0. The Labute approximate surface area is 194 Å². The number of urea groups is 1. The number of methoxy groups -OCH3 is 1. The molecular formula is C23H33N5O5. The van der Waals surface area contributed by atoms with Crippen molar-refractivity contribution in [3.63, 3.8) is 0 Å². The van der Waals surface area contributed by atoms with Crippen molar-refractivity contribution in [3.05, 3.63) is 35.9 Å². The van der Waals surface area contributed by atoms with Gasteiger partial charge in [0.1, 0.15) is 31.0 Å². The summed E-state index contributed by atoms with van der Waals surface area (Å²) < 4.78 is 4.62. The lowest BCUT2D eigenvalue weighted by Crippen LogP contribution is -2.55. The SMILES string of the molecule is COC(=O)CN=C1NC(=O)N(CC(=O)NC(C(=O)NC(C)(C)C)C(C)C)C1c1ccccc1. The maximum absolute atomic E-state index is 12.9. The highest BCUT2D eigenvalue weighted by Gasteiger charge is 2.39. The van der Waals surface area contributed by atoms with E-state index in [1.54, 1.807) is 24.3 Å². The minimum atomic E-state index is -0.759. The van der Waals surface area contributed by atoms with Crippen LogP contribution in [0, 0.1) is 5.92 Å². The van der Waals surface area contributed by atoms with Crippen molar-refractivity contribution in [2.75, 3.05) is 20.2 Å². The minimum absolute atomic E-state index is 0.161. The van der Waals surface area contributed by atoms with Gasteiger partial charge in [0.05, 0.1) is 7.11 Å². The van der Waals surface area contributed by atoms with Crippen LogP contribution < -0.4 is 16.0 Å². The van der Waals surface area contributed by atoms with Gasteiger partial charge in [-0.3, -0.25) is 24.7 Å². The second kappa shape index (κ2) is 10.9. The number of benzene rings is 1. The first-order valence-electron chi connectivity index (χ1n) is 10.8. The van der Waals surface area contributed by atoms with E-state index in [9.17, 15) is 19.2 Å². The molecule has 0 radical (unpaired) electrons. The van der Waals surface area contributed by atoms with E-state index >= 15 is 0 Å². The molecule has 0 aromatic heterocycles. The summed E-state index contributed by atoms with van der Waals surface area (Å²) in [5, 5.41) is 8.26. The van der Waals surface area contributed by atoms with Gasteiger partial charge in [-0.05, 0) is 32.3 Å². The lowest BCUT2D eigenvalue weighted by Gasteiger charge is -2.28. The quantitative estimate of drug-likeness (QED) is 0.506. The van der Waals surface area contributed by atoms with Crippen molar-refractivity contribution in [1.29, 1.82) is 0 Å². The molecule has 0 bridgehead atoms. The van der Waals surface area contributed by atoms with Gasteiger partial charge in [0.2, 0.25) is 11.8 Å². The van der Waals surface area contributed by atoms with Gasteiger partial charge in [-0.15, -0.1) is 0 Å². The summed E-state index contributed by atoms with van der Waals surface area (Å²) in [6, 6.07) is 7.08. The standard InChI is InChI=1S/C23H33N5O5/c1-14(2)18(21(31)27-23(3,4)5)25-16(29)13-28-19(15-10-8-7-9-11-15)20(26-22(28)32)24-12-17(30)33-6/h7-11,14,18-19H,12-13H2,1-6H3,(H,25,29)(H,27,31)(H,24,26,32). The first-order chi connectivity index (χ1) is 15.4. The maximum Gasteiger partial charge on any atom is 0.327 e. The van der Waals surface area contributed by atoms with Gasteiger partial charge in [0.15, 0.2) is 0 Å². The molecule has 2 atom stereocenters. The molecule has 4 amide bonds. The largest absolute Gasteiger partial charge is 0.468 e. The van der Waals surface area contributed by atoms with Crippen LogP contribution in [0.2, 0.25) is 0 Å². The second-order valence-electron chi connectivity index (χ2n) is 9.18. The molecule has 1 heterocycles. The van der Waals surface area contributed by atoms with Gasteiger partial charge in [0, 0.05) is 5.54 Å². The smallest absolute Gasteiger partial charge is 0.327 e. The topological polar surface area (TPSA) is 129 Å². The second-order valence-corrected chi connectivity index (χ2v) is 9.18. The van der Waals surface area contributed by atoms with Gasteiger partial charge in [0.25, 0.3) is 0 Å². The monoisotopic (exact) mass is 459 g/mol. The summed E-state index contributed by atoms with van der Waals surface area (Å²) in [7, 11) is 1.25. The van der Waals surface area contributed by atoms with Gasteiger partial charge in [-0.25, -0.2) is 4.79 Å². The van der Waals surface area contributed by atoms with E-state index in [0.717, 1.165) is 5.56 Å². The van der Waals surface area contributed by atoms with Crippen LogP contribution in [0.1, 0.15) is 46.2 Å². The molecule has 1 saturated heterocycles. The number of nitrogens with one attached hydrogen (secondary N) is 3. The van der Waals surface area contributed by atoms with E-state index in [-0.39, 0.29) is 30.8 Å². The maximum atomic E-state index is 12.9. The molecular weight excluding hydrogens is 426 g/mol. The molecule has 0 aliphatic carbocycles. The number of amidine groups is 1. The first kappa shape index (κ1) is 25.8. The predicted octanol–water partition coefficient (Wildman–Crippen LogP) is 1.38. The van der Waals surface area contributed by atoms with Gasteiger partial charge in [-0.1, -0.05) is 44.2 Å². The average molecular weight is 460 g/mol. The fourth-order valence-electron chi connectivity index (χ4n) is 3.35. The van der Waals surface area contributed by atoms with Crippen LogP contribution in [0.5, 0.6) is 0 Å². The number of hydrogen-bond donors (Lipinski definition) is 3. The Balaban J connectivity index is 2.23. The molecule has 2 rings (SSSR count). The highest BCUT2D eigenvalue weighted by molar-refractivity contribution is 6.09. The predicted molar refractivity (Wildman–Crippen MR) is 123 cm³/mol. The Kier molecular flexibility index (Phi) is 8.56. The summed E-state index contributed by atoms with van der Waals surface area (Å²) in [6.07, 6.45) is 0. The van der Waals surface area contributed by atoms with E-state index in [1.807, 2.05) is 40.7 Å². The first-order valence-corrected chi connectivity index (χ1v) is 10.8. The zero-order chi connectivity index (χ0) is 24.8. The van der Waals surface area contributed by atoms with E-state index < -0.39 is 35.5 Å². The summed E-state index contributed by atoms with van der Waals surface area (Å²) in [6.45, 7) is 8.68. The van der Waals surface area contributed by atoms with Crippen LogP contribution in [0.15, 0.2) is 35.3 Å². The van der Waals surface area contributed by atoms with E-state index in [4.69, 9.17) is 0 Å². The van der Waals surface area contributed by atoms with Crippen molar-refractivity contribution < 1.29 is 23.9 Å². The summed E-state index contributed by atoms with van der Waals surface area (Å²) in [5.41, 5.74) is 0.269. The van der Waals surface area contributed by atoms with Crippen LogP contribution in [-0.4, -0.2) is 66.3 Å². The molecule has 33 heavy (non-hydrogen) atoms. The number of esters is 1.